The van der Waals surface area contributed by atoms with Gasteiger partial charge in [-0.05, 0) is 72.2 Å². The molecule has 4 aromatic rings. The summed E-state index contributed by atoms with van der Waals surface area (Å²) in [4.78, 5) is 12.6. The summed E-state index contributed by atoms with van der Waals surface area (Å²) in [6.45, 7) is 0. The standard InChI is InChI=1S/C25H21N3O2/c29-23(20-13-10-19(11-14-20)17-6-2-1-3-7-17)26-25-28-27-24(30-25)22-15-12-18-8-4-5-9-21(18)16-22/h1-3,6-7,10-16H,4-5,8-9H2,(H,26,28,29). The monoisotopic (exact) mass is 395 g/mol. The van der Waals surface area contributed by atoms with Crippen LogP contribution in [0.15, 0.2) is 77.2 Å². The molecule has 5 nitrogen and oxygen atoms in total. The maximum absolute atomic E-state index is 12.6. The topological polar surface area (TPSA) is 68.0 Å². The smallest absolute Gasteiger partial charge is 0.322 e. The Morgan fingerprint density at radius 3 is 2.27 bits per heavy atom. The number of nitrogens with zero attached hydrogens (tertiary/aromatic N) is 2. The van der Waals surface area contributed by atoms with Crippen molar-refractivity contribution in [1.82, 2.24) is 10.2 Å². The lowest BCUT2D eigenvalue weighted by Gasteiger charge is -2.15. The van der Waals surface area contributed by atoms with E-state index in [1.165, 1.54) is 24.0 Å². The van der Waals surface area contributed by atoms with Crippen LogP contribution >= 0.6 is 0 Å². The fraction of sp³-hybridized carbons (Fsp3) is 0.160. The minimum atomic E-state index is -0.282. The predicted molar refractivity (Wildman–Crippen MR) is 116 cm³/mol. The number of aryl methyl sites for hydroxylation is 2. The number of rotatable bonds is 4. The van der Waals surface area contributed by atoms with Crippen molar-refractivity contribution in [1.29, 1.82) is 0 Å². The Balaban J connectivity index is 1.30. The van der Waals surface area contributed by atoms with Crippen LogP contribution in [0, 0.1) is 0 Å². The lowest BCUT2D eigenvalue weighted by Crippen LogP contribution is -2.11. The van der Waals surface area contributed by atoms with Gasteiger partial charge in [0.2, 0.25) is 5.89 Å². The SMILES string of the molecule is O=C(Nc1nnc(-c2ccc3c(c2)CCCC3)o1)c1ccc(-c2ccccc2)cc1. The van der Waals surface area contributed by atoms with Crippen LogP contribution < -0.4 is 5.32 Å². The molecule has 1 aromatic heterocycles. The van der Waals surface area contributed by atoms with E-state index in [0.717, 1.165) is 29.5 Å². The zero-order valence-corrected chi connectivity index (χ0v) is 16.5. The Morgan fingerprint density at radius 1 is 0.767 bits per heavy atom. The van der Waals surface area contributed by atoms with Crippen molar-refractivity contribution >= 4 is 11.9 Å². The average Bonchev–Trinajstić information content (AvgIpc) is 3.28. The number of fused-ring (bicyclic) bond motifs is 1. The lowest BCUT2D eigenvalue weighted by molar-refractivity contribution is 0.102. The van der Waals surface area contributed by atoms with Crippen LogP contribution in [-0.2, 0) is 12.8 Å². The number of amides is 1. The molecule has 0 saturated carbocycles. The molecule has 148 valence electrons. The van der Waals surface area contributed by atoms with Gasteiger partial charge < -0.3 is 4.42 Å². The van der Waals surface area contributed by atoms with Crippen LogP contribution in [-0.4, -0.2) is 16.1 Å². The summed E-state index contributed by atoms with van der Waals surface area (Å²) in [6.07, 6.45) is 4.67. The van der Waals surface area contributed by atoms with Gasteiger partial charge in [-0.15, -0.1) is 5.10 Å². The fourth-order valence-corrected chi connectivity index (χ4v) is 3.87. The number of carbonyl (C=O) groups excluding carboxylic acids is 1. The van der Waals surface area contributed by atoms with Crippen molar-refractivity contribution in [3.8, 4) is 22.6 Å². The second-order valence-electron chi connectivity index (χ2n) is 7.50. The van der Waals surface area contributed by atoms with Crippen LogP contribution in [0.4, 0.5) is 6.01 Å². The van der Waals surface area contributed by atoms with Gasteiger partial charge in [-0.3, -0.25) is 10.1 Å². The van der Waals surface area contributed by atoms with Gasteiger partial charge in [0.25, 0.3) is 5.91 Å². The van der Waals surface area contributed by atoms with Gasteiger partial charge in [0.1, 0.15) is 0 Å². The second-order valence-corrected chi connectivity index (χ2v) is 7.50. The van der Waals surface area contributed by atoms with Gasteiger partial charge >= 0.3 is 6.01 Å². The van der Waals surface area contributed by atoms with E-state index >= 15 is 0 Å². The van der Waals surface area contributed by atoms with Crippen LogP contribution in [0.3, 0.4) is 0 Å². The van der Waals surface area contributed by atoms with Crippen molar-refractivity contribution in [3.63, 3.8) is 0 Å². The molecule has 0 atom stereocenters. The molecular formula is C25H21N3O2. The summed E-state index contributed by atoms with van der Waals surface area (Å²) in [5, 5.41) is 10.8. The third kappa shape index (κ3) is 3.74. The highest BCUT2D eigenvalue weighted by atomic mass is 16.4. The van der Waals surface area contributed by atoms with Gasteiger partial charge in [-0.1, -0.05) is 53.6 Å². The highest BCUT2D eigenvalue weighted by Gasteiger charge is 2.15. The van der Waals surface area contributed by atoms with Crippen molar-refractivity contribution < 1.29 is 9.21 Å². The maximum Gasteiger partial charge on any atom is 0.322 e. The van der Waals surface area contributed by atoms with Crippen molar-refractivity contribution in [2.24, 2.45) is 0 Å². The van der Waals surface area contributed by atoms with Gasteiger partial charge in [0.05, 0.1) is 0 Å². The van der Waals surface area contributed by atoms with E-state index in [1.54, 1.807) is 12.1 Å². The van der Waals surface area contributed by atoms with Crippen molar-refractivity contribution in [2.45, 2.75) is 25.7 Å². The van der Waals surface area contributed by atoms with E-state index < -0.39 is 0 Å². The summed E-state index contributed by atoms with van der Waals surface area (Å²) in [5.41, 5.74) is 6.33. The number of hydrogen-bond donors (Lipinski definition) is 1. The summed E-state index contributed by atoms with van der Waals surface area (Å²) >= 11 is 0. The van der Waals surface area contributed by atoms with Crippen LogP contribution in [0.5, 0.6) is 0 Å². The molecule has 0 spiro atoms. The predicted octanol–water partition coefficient (Wildman–Crippen LogP) is 5.53. The molecule has 0 fully saturated rings. The largest absolute Gasteiger partial charge is 0.403 e. The number of nitrogens with one attached hydrogen (secondary N) is 1. The molecule has 0 radical (unpaired) electrons. The summed E-state index contributed by atoms with van der Waals surface area (Å²) in [5.74, 6) is 0.133. The van der Waals surface area contributed by atoms with Crippen molar-refractivity contribution in [3.05, 3.63) is 89.5 Å². The Hall–Kier alpha value is -3.73. The molecular weight excluding hydrogens is 374 g/mol. The minimum Gasteiger partial charge on any atom is -0.403 e. The highest BCUT2D eigenvalue weighted by molar-refractivity contribution is 6.03. The molecule has 0 saturated heterocycles. The highest BCUT2D eigenvalue weighted by Crippen LogP contribution is 2.27. The Labute approximate surface area is 174 Å². The van der Waals surface area contributed by atoms with E-state index in [4.69, 9.17) is 4.42 Å². The molecule has 1 aliphatic carbocycles. The number of hydrogen-bond acceptors (Lipinski definition) is 4. The van der Waals surface area contributed by atoms with Gasteiger partial charge in [0.15, 0.2) is 0 Å². The number of anilines is 1. The quantitative estimate of drug-likeness (QED) is 0.493. The molecule has 3 aromatic carbocycles. The summed E-state index contributed by atoms with van der Waals surface area (Å²) in [6, 6.07) is 23.8. The summed E-state index contributed by atoms with van der Waals surface area (Å²) in [7, 11) is 0. The molecule has 30 heavy (non-hydrogen) atoms. The third-order valence-corrected chi connectivity index (χ3v) is 5.50. The number of aromatic nitrogens is 2. The molecule has 0 bridgehead atoms. The van der Waals surface area contributed by atoms with Crippen LogP contribution in [0.2, 0.25) is 0 Å². The molecule has 5 heteroatoms. The van der Waals surface area contributed by atoms with Crippen LogP contribution in [0.25, 0.3) is 22.6 Å². The Morgan fingerprint density at radius 2 is 1.47 bits per heavy atom. The van der Waals surface area contributed by atoms with E-state index in [2.05, 4.69) is 27.6 Å². The Bertz CT molecular complexity index is 1180. The first-order valence-corrected chi connectivity index (χ1v) is 10.2. The normalized spacial score (nSPS) is 12.9. The van der Waals surface area contributed by atoms with E-state index in [9.17, 15) is 4.79 Å². The first-order valence-electron chi connectivity index (χ1n) is 10.2. The maximum atomic E-state index is 12.6. The minimum absolute atomic E-state index is 0.0971. The molecule has 0 aliphatic heterocycles. The molecule has 1 N–H and O–H groups in total. The number of benzene rings is 3. The third-order valence-electron chi connectivity index (χ3n) is 5.50. The lowest BCUT2D eigenvalue weighted by atomic mass is 9.90. The second kappa shape index (κ2) is 7.95. The molecule has 1 heterocycles. The zero-order chi connectivity index (χ0) is 20.3. The number of carbonyl (C=O) groups is 1. The van der Waals surface area contributed by atoms with Crippen molar-refractivity contribution in [2.75, 3.05) is 5.32 Å². The fourth-order valence-electron chi connectivity index (χ4n) is 3.87. The molecule has 1 amide bonds. The van der Waals surface area contributed by atoms with Gasteiger partial charge in [-0.2, -0.15) is 0 Å². The van der Waals surface area contributed by atoms with Crippen LogP contribution in [0.1, 0.15) is 34.3 Å². The first kappa shape index (κ1) is 18.3. The first-order chi connectivity index (χ1) is 14.8. The summed E-state index contributed by atoms with van der Waals surface area (Å²) < 4.78 is 5.69. The molecule has 5 rings (SSSR count). The zero-order valence-electron chi connectivity index (χ0n) is 16.5. The van der Waals surface area contributed by atoms with E-state index in [0.29, 0.717) is 11.5 Å². The van der Waals surface area contributed by atoms with E-state index in [1.807, 2.05) is 48.5 Å². The van der Waals surface area contributed by atoms with E-state index in [-0.39, 0.29) is 11.9 Å². The molecule has 0 unspecified atom stereocenters. The van der Waals surface area contributed by atoms with Gasteiger partial charge in [0, 0.05) is 11.1 Å². The molecule has 1 aliphatic rings. The average molecular weight is 395 g/mol. The van der Waals surface area contributed by atoms with Gasteiger partial charge in [-0.25, -0.2) is 0 Å². The Kier molecular flexibility index (Phi) is 4.85.